The molecule has 1 N–H and O–H groups in total. The molecule has 4 aliphatic rings. The molecule has 0 radical (unpaired) electrons. The van der Waals surface area contributed by atoms with E-state index in [1.54, 1.807) is 24.3 Å². The van der Waals surface area contributed by atoms with Crippen molar-refractivity contribution in [1.29, 1.82) is 0 Å². The van der Waals surface area contributed by atoms with Crippen molar-refractivity contribution in [3.8, 4) is 0 Å². The standard InChI is InChI=1S/C25H32ClFN4O2S/c26-21-1-7-25(8-2-21)34(32,33)28-16-24-15-19-9-10-31(24)18-20(19)17-29-11-13-30(14-12-29)23-5-3-22(27)4-6-23/h1-8,19-20,24,28H,9-18H2/t19-,20+,24+/m0/s1. The number of piperazine rings is 1. The van der Waals surface area contributed by atoms with Gasteiger partial charge in [-0.15, -0.1) is 0 Å². The molecule has 6 nitrogen and oxygen atoms in total. The summed E-state index contributed by atoms with van der Waals surface area (Å²) in [4.78, 5) is 7.62. The molecule has 184 valence electrons. The summed E-state index contributed by atoms with van der Waals surface area (Å²) in [7, 11) is -3.53. The lowest BCUT2D eigenvalue weighted by atomic mass is 9.75. The minimum atomic E-state index is -3.53. The van der Waals surface area contributed by atoms with E-state index in [1.807, 2.05) is 12.1 Å². The van der Waals surface area contributed by atoms with Crippen molar-refractivity contribution in [3.63, 3.8) is 0 Å². The maximum atomic E-state index is 13.2. The minimum absolute atomic E-state index is 0.194. The number of hydrogen-bond donors (Lipinski definition) is 1. The molecule has 4 fully saturated rings. The Morgan fingerprint density at radius 2 is 1.68 bits per heavy atom. The van der Waals surface area contributed by atoms with Crippen molar-refractivity contribution in [2.45, 2.75) is 23.8 Å². The molecule has 4 saturated heterocycles. The molecule has 9 heteroatoms. The maximum Gasteiger partial charge on any atom is 0.240 e. The molecule has 6 rings (SSSR count). The average molecular weight is 507 g/mol. The van der Waals surface area contributed by atoms with Crippen molar-refractivity contribution < 1.29 is 12.8 Å². The highest BCUT2D eigenvalue weighted by molar-refractivity contribution is 7.89. The Morgan fingerprint density at radius 3 is 2.32 bits per heavy atom. The smallest absolute Gasteiger partial charge is 0.240 e. The summed E-state index contributed by atoms with van der Waals surface area (Å²) in [6.07, 6.45) is 2.24. The lowest BCUT2D eigenvalue weighted by molar-refractivity contribution is -0.0107. The van der Waals surface area contributed by atoms with Gasteiger partial charge < -0.3 is 4.90 Å². The van der Waals surface area contributed by atoms with Crippen LogP contribution in [-0.4, -0.2) is 76.6 Å². The van der Waals surface area contributed by atoms with Gasteiger partial charge in [0.05, 0.1) is 4.90 Å². The number of hydrogen-bond acceptors (Lipinski definition) is 5. The van der Waals surface area contributed by atoms with Crippen molar-refractivity contribution in [3.05, 3.63) is 59.4 Å². The molecule has 0 amide bonds. The highest BCUT2D eigenvalue weighted by Crippen LogP contribution is 2.37. The summed E-state index contributed by atoms with van der Waals surface area (Å²) in [5, 5.41) is 0.526. The second kappa shape index (κ2) is 10.1. The van der Waals surface area contributed by atoms with Gasteiger partial charge in [-0.1, -0.05) is 11.6 Å². The molecule has 1 unspecified atom stereocenters. The fourth-order valence-electron chi connectivity index (χ4n) is 5.74. The summed E-state index contributed by atoms with van der Waals surface area (Å²) in [5.41, 5.74) is 1.09. The number of nitrogens with one attached hydrogen (secondary N) is 1. The number of anilines is 1. The predicted octanol–water partition coefficient (Wildman–Crippen LogP) is 3.29. The second-order valence-electron chi connectivity index (χ2n) is 9.76. The Bertz CT molecular complexity index is 1080. The number of sulfonamides is 1. The molecule has 0 saturated carbocycles. The number of benzene rings is 2. The van der Waals surface area contributed by atoms with Crippen LogP contribution >= 0.6 is 11.6 Å². The van der Waals surface area contributed by atoms with Crippen molar-refractivity contribution >= 4 is 27.3 Å². The number of fused-ring (bicyclic) bond motifs is 3. The Balaban J connectivity index is 1.10. The van der Waals surface area contributed by atoms with E-state index in [1.165, 1.54) is 18.6 Å². The van der Waals surface area contributed by atoms with Crippen LogP contribution in [0.2, 0.25) is 5.02 Å². The van der Waals surface area contributed by atoms with Crippen molar-refractivity contribution in [1.82, 2.24) is 14.5 Å². The lowest BCUT2D eigenvalue weighted by Crippen LogP contribution is -2.59. The fourth-order valence-corrected chi connectivity index (χ4v) is 6.94. The van der Waals surface area contributed by atoms with Crippen molar-refractivity contribution in [2.24, 2.45) is 11.8 Å². The van der Waals surface area contributed by atoms with Crippen LogP contribution in [0, 0.1) is 17.7 Å². The van der Waals surface area contributed by atoms with Crippen LogP contribution in [0.5, 0.6) is 0 Å². The molecule has 2 bridgehead atoms. The zero-order valence-electron chi connectivity index (χ0n) is 19.2. The van der Waals surface area contributed by atoms with Crippen molar-refractivity contribution in [2.75, 3.05) is 57.3 Å². The van der Waals surface area contributed by atoms with Gasteiger partial charge in [0.25, 0.3) is 0 Å². The van der Waals surface area contributed by atoms with E-state index < -0.39 is 10.0 Å². The molecular formula is C25H32ClFN4O2S. The first-order valence-electron chi connectivity index (χ1n) is 12.1. The van der Waals surface area contributed by atoms with Gasteiger partial charge in [0.1, 0.15) is 5.82 Å². The summed E-state index contributed by atoms with van der Waals surface area (Å²) >= 11 is 5.89. The summed E-state index contributed by atoms with van der Waals surface area (Å²) in [5.74, 6) is 1.08. The molecule has 0 aliphatic carbocycles. The first-order chi connectivity index (χ1) is 16.4. The quantitative estimate of drug-likeness (QED) is 0.624. The Morgan fingerprint density at radius 1 is 0.971 bits per heavy atom. The topological polar surface area (TPSA) is 55.9 Å². The third-order valence-corrected chi connectivity index (χ3v) is 9.40. The number of nitrogens with zero attached hydrogens (tertiary/aromatic N) is 3. The van der Waals surface area contributed by atoms with Crippen LogP contribution < -0.4 is 9.62 Å². The molecule has 0 aromatic heterocycles. The van der Waals surface area contributed by atoms with Gasteiger partial charge in [-0.05, 0) is 79.8 Å². The van der Waals surface area contributed by atoms with Crippen LogP contribution in [0.25, 0.3) is 0 Å². The lowest BCUT2D eigenvalue weighted by Gasteiger charge is -2.51. The molecular weight excluding hydrogens is 475 g/mol. The van der Waals surface area contributed by atoms with E-state index >= 15 is 0 Å². The van der Waals surface area contributed by atoms with E-state index in [0.717, 1.165) is 57.9 Å². The van der Waals surface area contributed by atoms with Crippen LogP contribution in [0.4, 0.5) is 10.1 Å². The zero-order chi connectivity index (χ0) is 23.7. The molecule has 0 spiro atoms. The van der Waals surface area contributed by atoms with E-state index in [2.05, 4.69) is 19.4 Å². The number of piperidine rings is 3. The first-order valence-corrected chi connectivity index (χ1v) is 14.0. The zero-order valence-corrected chi connectivity index (χ0v) is 20.8. The largest absolute Gasteiger partial charge is 0.369 e. The van der Waals surface area contributed by atoms with Crippen LogP contribution in [-0.2, 0) is 10.0 Å². The average Bonchev–Trinajstić information content (AvgIpc) is 2.85. The highest BCUT2D eigenvalue weighted by Gasteiger charge is 2.41. The highest BCUT2D eigenvalue weighted by atomic mass is 35.5. The van der Waals surface area contributed by atoms with E-state index in [9.17, 15) is 12.8 Å². The van der Waals surface area contributed by atoms with Gasteiger partial charge >= 0.3 is 0 Å². The van der Waals surface area contributed by atoms with Crippen LogP contribution in [0.1, 0.15) is 12.8 Å². The van der Waals surface area contributed by atoms with Gasteiger partial charge in [-0.3, -0.25) is 9.80 Å². The SMILES string of the molecule is O=S(=O)(NC[C@H]1C[C@@H]2CCN1C[C@H]2CN1CCN(c2ccc(F)cc2)CC1)c1ccc(Cl)cc1. The summed E-state index contributed by atoms with van der Waals surface area (Å²) in [6, 6.07) is 13.3. The van der Waals surface area contributed by atoms with E-state index in [-0.39, 0.29) is 16.8 Å². The van der Waals surface area contributed by atoms with E-state index in [0.29, 0.717) is 23.4 Å². The Kier molecular flexibility index (Phi) is 7.14. The second-order valence-corrected chi connectivity index (χ2v) is 12.0. The summed E-state index contributed by atoms with van der Waals surface area (Å²) < 4.78 is 41.4. The van der Waals surface area contributed by atoms with Gasteiger partial charge in [0.2, 0.25) is 10.0 Å². The number of rotatable bonds is 7. The van der Waals surface area contributed by atoms with Gasteiger partial charge in [0, 0.05) is 62.6 Å². The Hall–Kier alpha value is -1.71. The third kappa shape index (κ3) is 5.41. The van der Waals surface area contributed by atoms with E-state index in [4.69, 9.17) is 11.6 Å². The molecule has 34 heavy (non-hydrogen) atoms. The van der Waals surface area contributed by atoms with Crippen LogP contribution in [0.3, 0.4) is 0 Å². The molecule has 4 atom stereocenters. The fraction of sp³-hybridized carbons (Fsp3) is 0.520. The normalized spacial score (nSPS) is 27.8. The van der Waals surface area contributed by atoms with Gasteiger partial charge in [0.15, 0.2) is 0 Å². The minimum Gasteiger partial charge on any atom is -0.369 e. The van der Waals surface area contributed by atoms with Gasteiger partial charge in [-0.25, -0.2) is 17.5 Å². The van der Waals surface area contributed by atoms with Crippen LogP contribution in [0.15, 0.2) is 53.4 Å². The molecule has 2 aromatic carbocycles. The number of halogens is 2. The molecule has 2 aromatic rings. The maximum absolute atomic E-state index is 13.2. The monoisotopic (exact) mass is 506 g/mol. The molecule has 4 aliphatic heterocycles. The molecule has 4 heterocycles. The predicted molar refractivity (Wildman–Crippen MR) is 133 cm³/mol. The Labute approximate surface area is 206 Å². The van der Waals surface area contributed by atoms with Gasteiger partial charge in [-0.2, -0.15) is 0 Å². The summed E-state index contributed by atoms with van der Waals surface area (Å²) in [6.45, 7) is 7.59. The first kappa shape index (κ1) is 24.0. The third-order valence-electron chi connectivity index (χ3n) is 7.70.